The second-order valence-corrected chi connectivity index (χ2v) is 16.0. The predicted octanol–water partition coefficient (Wildman–Crippen LogP) is 4.05. The molecule has 6 fully saturated rings. The highest BCUT2D eigenvalue weighted by molar-refractivity contribution is 6.47. The molecule has 0 aromatic heterocycles. The summed E-state index contributed by atoms with van der Waals surface area (Å²) >= 11 is 0. The minimum atomic E-state index is -0.593. The monoisotopic (exact) mass is 689 g/mol. The Morgan fingerprint density at radius 1 is 1.10 bits per heavy atom. The molecule has 6 aliphatic rings. The van der Waals surface area contributed by atoms with E-state index < -0.39 is 30.3 Å². The number of hydrogen-bond acceptors (Lipinski definition) is 9. The van der Waals surface area contributed by atoms with Gasteiger partial charge in [0.1, 0.15) is 11.6 Å². The zero-order valence-corrected chi connectivity index (χ0v) is 30.4. The van der Waals surface area contributed by atoms with Gasteiger partial charge in [-0.1, -0.05) is 44.2 Å². The fourth-order valence-corrected chi connectivity index (χ4v) is 9.05. The number of piperazine rings is 1. The second kappa shape index (κ2) is 14.2. The number of likely N-dealkylation sites (tertiary alicyclic amines) is 1. The summed E-state index contributed by atoms with van der Waals surface area (Å²) in [6, 6.07) is 12.1. The number of methoxy groups -OCH3 is 1. The standard InChI is InChI=1S/C37H52BN5O7/c1-35(2,43-16-14-41(15-17-43)34(46)47-6)21-27(22-39)32(44)42-13-12-26(23-42)24-48-33(45)40-31(18-25-10-8-7-9-11-25)38-49-30-20-28-19-29(36(28,3)4)37(30,5)50-38/h7-11,21,26,28-31H,12-20,23-24H2,1-6H3,(H,40,45)/t26?,28-,29-,30+,31-,37-/m0/s1. The molecule has 1 N–H and O–H groups in total. The Kier molecular flexibility index (Phi) is 10.3. The molecule has 3 saturated carbocycles. The van der Waals surface area contributed by atoms with E-state index in [9.17, 15) is 19.6 Å². The van der Waals surface area contributed by atoms with Crippen molar-refractivity contribution in [3.05, 3.63) is 47.5 Å². The first kappa shape index (κ1) is 36.2. The largest absolute Gasteiger partial charge is 0.482 e. The van der Waals surface area contributed by atoms with Crippen molar-refractivity contribution in [1.29, 1.82) is 5.26 Å². The van der Waals surface area contributed by atoms with Crippen LogP contribution in [0, 0.1) is 34.5 Å². The van der Waals surface area contributed by atoms with E-state index in [1.807, 2.05) is 44.2 Å². The van der Waals surface area contributed by atoms with Crippen molar-refractivity contribution in [3.8, 4) is 6.07 Å². The number of nitriles is 1. The van der Waals surface area contributed by atoms with Crippen molar-refractivity contribution in [2.45, 2.75) is 83.5 Å². The van der Waals surface area contributed by atoms with Gasteiger partial charge in [-0.25, -0.2) is 9.59 Å². The van der Waals surface area contributed by atoms with Crippen molar-refractivity contribution in [1.82, 2.24) is 20.0 Å². The predicted molar refractivity (Wildman–Crippen MR) is 187 cm³/mol. The van der Waals surface area contributed by atoms with Crippen molar-refractivity contribution < 1.29 is 33.2 Å². The minimum Gasteiger partial charge on any atom is -0.453 e. The number of rotatable bonds is 9. The van der Waals surface area contributed by atoms with Gasteiger partial charge in [-0.15, -0.1) is 0 Å². The molecular weight excluding hydrogens is 637 g/mol. The number of ether oxygens (including phenoxy) is 2. The van der Waals surface area contributed by atoms with Crippen molar-refractivity contribution >= 4 is 25.2 Å². The highest BCUT2D eigenvalue weighted by Crippen LogP contribution is 2.65. The van der Waals surface area contributed by atoms with E-state index in [0.717, 1.165) is 18.4 Å². The number of amides is 3. The van der Waals surface area contributed by atoms with Crippen LogP contribution in [-0.2, 0) is 30.0 Å². The Hall–Kier alpha value is -3.60. The maximum absolute atomic E-state index is 13.5. The molecule has 6 atom stereocenters. The van der Waals surface area contributed by atoms with Crippen LogP contribution in [0.4, 0.5) is 9.59 Å². The van der Waals surface area contributed by atoms with Gasteiger partial charge < -0.3 is 33.9 Å². The van der Waals surface area contributed by atoms with E-state index >= 15 is 0 Å². The first-order chi connectivity index (χ1) is 23.7. The molecule has 3 amide bonds. The van der Waals surface area contributed by atoms with Crippen LogP contribution in [0.1, 0.15) is 59.4 Å². The molecule has 3 heterocycles. The van der Waals surface area contributed by atoms with Crippen molar-refractivity contribution in [2.75, 3.05) is 53.0 Å². The second-order valence-electron chi connectivity index (χ2n) is 16.0. The van der Waals surface area contributed by atoms with Crippen LogP contribution in [0.3, 0.4) is 0 Å². The smallest absolute Gasteiger partial charge is 0.453 e. The van der Waals surface area contributed by atoms with Gasteiger partial charge in [0.15, 0.2) is 0 Å². The van der Waals surface area contributed by atoms with Gasteiger partial charge in [0.2, 0.25) is 0 Å². The number of benzene rings is 1. The number of alkyl carbamates (subject to hydrolysis) is 1. The first-order valence-corrected chi connectivity index (χ1v) is 18.1. The molecule has 0 spiro atoms. The highest BCUT2D eigenvalue weighted by atomic mass is 16.7. The third-order valence-corrected chi connectivity index (χ3v) is 12.3. The zero-order valence-electron chi connectivity index (χ0n) is 30.4. The molecule has 270 valence electrons. The third kappa shape index (κ3) is 7.12. The summed E-state index contributed by atoms with van der Waals surface area (Å²) in [5, 5.41) is 13.0. The normalized spacial score (nSPS) is 29.8. The van der Waals surface area contributed by atoms with Crippen LogP contribution in [-0.4, -0.2) is 116 Å². The molecule has 3 aliphatic carbocycles. The Bertz CT molecular complexity index is 1510. The maximum atomic E-state index is 13.5. The first-order valence-electron chi connectivity index (χ1n) is 18.1. The Labute approximate surface area is 296 Å². The van der Waals surface area contributed by atoms with E-state index in [1.165, 1.54) is 7.11 Å². The van der Waals surface area contributed by atoms with Gasteiger partial charge in [0.25, 0.3) is 5.91 Å². The quantitative estimate of drug-likeness (QED) is 0.232. The number of hydrogen-bond donors (Lipinski definition) is 1. The van der Waals surface area contributed by atoms with Crippen LogP contribution < -0.4 is 5.32 Å². The highest BCUT2D eigenvalue weighted by Gasteiger charge is 2.68. The van der Waals surface area contributed by atoms with Crippen LogP contribution >= 0.6 is 0 Å². The molecule has 7 rings (SSSR count). The molecule has 3 aliphatic heterocycles. The average Bonchev–Trinajstić information content (AvgIpc) is 3.73. The lowest BCUT2D eigenvalue weighted by Gasteiger charge is -2.64. The van der Waals surface area contributed by atoms with E-state index in [2.05, 4.69) is 37.1 Å². The lowest BCUT2D eigenvalue weighted by Crippen LogP contribution is -2.65. The summed E-state index contributed by atoms with van der Waals surface area (Å²) in [6.07, 6.45) is 4.13. The Morgan fingerprint density at radius 3 is 2.48 bits per heavy atom. The Balaban J connectivity index is 1.03. The summed E-state index contributed by atoms with van der Waals surface area (Å²) in [5.74, 6) is 0.219. The van der Waals surface area contributed by atoms with Gasteiger partial charge in [0, 0.05) is 50.7 Å². The number of carbonyl (C=O) groups excluding carboxylic acids is 3. The van der Waals surface area contributed by atoms with Gasteiger partial charge in [0.05, 0.1) is 31.4 Å². The molecule has 1 aromatic carbocycles. The van der Waals surface area contributed by atoms with Gasteiger partial charge in [-0.2, -0.15) is 5.26 Å². The number of nitrogens with one attached hydrogen (secondary N) is 1. The molecule has 12 nitrogen and oxygen atoms in total. The fraction of sp³-hybridized carbons (Fsp3) is 0.676. The Morgan fingerprint density at radius 2 is 1.82 bits per heavy atom. The van der Waals surface area contributed by atoms with Gasteiger partial charge >= 0.3 is 19.3 Å². The third-order valence-electron chi connectivity index (χ3n) is 12.3. The lowest BCUT2D eigenvalue weighted by atomic mass is 9.43. The van der Waals surface area contributed by atoms with E-state index in [0.29, 0.717) is 63.9 Å². The van der Waals surface area contributed by atoms with Gasteiger partial charge in [-0.3, -0.25) is 9.69 Å². The lowest BCUT2D eigenvalue weighted by molar-refractivity contribution is -0.199. The molecule has 1 unspecified atom stereocenters. The molecule has 3 saturated heterocycles. The van der Waals surface area contributed by atoms with E-state index in [1.54, 1.807) is 15.9 Å². The molecule has 1 aromatic rings. The summed E-state index contributed by atoms with van der Waals surface area (Å²) in [7, 11) is 0.775. The van der Waals surface area contributed by atoms with Crippen LogP contribution in [0.15, 0.2) is 42.0 Å². The summed E-state index contributed by atoms with van der Waals surface area (Å²) in [4.78, 5) is 44.1. The molecule has 13 heteroatoms. The maximum Gasteiger partial charge on any atom is 0.482 e. The van der Waals surface area contributed by atoms with Crippen molar-refractivity contribution in [3.63, 3.8) is 0 Å². The molecule has 50 heavy (non-hydrogen) atoms. The minimum absolute atomic E-state index is 0.00269. The van der Waals surface area contributed by atoms with Gasteiger partial charge in [-0.05, 0) is 75.3 Å². The SMILES string of the molecule is COC(=O)N1CCN(C(C)(C)C=C(C#N)C(=O)N2CCC(COC(=O)N[C@@H](Cc3ccccc3)B3O[C@@H]4C[C@@H]5C[C@@H](C5(C)C)[C@]4(C)O3)C2)CC1. The summed E-state index contributed by atoms with van der Waals surface area (Å²) < 4.78 is 23.9. The van der Waals surface area contributed by atoms with E-state index in [-0.39, 0.29) is 41.6 Å². The average molecular weight is 690 g/mol. The number of nitrogens with zero attached hydrogens (tertiary/aromatic N) is 4. The molecular formula is C37H52BN5O7. The summed E-state index contributed by atoms with van der Waals surface area (Å²) in [6.45, 7) is 14.0. The van der Waals surface area contributed by atoms with Crippen LogP contribution in [0.2, 0.25) is 0 Å². The fourth-order valence-electron chi connectivity index (χ4n) is 9.05. The van der Waals surface area contributed by atoms with E-state index in [4.69, 9.17) is 18.8 Å². The summed E-state index contributed by atoms with van der Waals surface area (Å²) in [5.41, 5.74) is 0.393. The molecule has 0 radical (unpaired) electrons. The number of carbonyl (C=O) groups is 3. The van der Waals surface area contributed by atoms with Crippen molar-refractivity contribution in [2.24, 2.45) is 23.2 Å². The van der Waals surface area contributed by atoms with Crippen LogP contribution in [0.5, 0.6) is 0 Å². The molecule has 2 bridgehead atoms. The topological polar surface area (TPSA) is 134 Å². The zero-order chi connectivity index (χ0) is 35.8. The van der Waals surface area contributed by atoms with Crippen LogP contribution in [0.25, 0.3) is 0 Å².